The molecule has 0 aromatic heterocycles. The van der Waals surface area contributed by atoms with Crippen LogP contribution in [0.5, 0.6) is 0 Å². The predicted molar refractivity (Wildman–Crippen MR) is 127 cm³/mol. The average Bonchev–Trinajstić information content (AvgIpc) is 2.37. The number of rotatable bonds is 2. The summed E-state index contributed by atoms with van der Waals surface area (Å²) in [6.07, 6.45) is 7.05. The van der Waals surface area contributed by atoms with Gasteiger partial charge in [0, 0.05) is 0 Å². The van der Waals surface area contributed by atoms with E-state index in [1.165, 1.54) is 5.57 Å². The fraction of sp³-hybridized carbons (Fsp3) is 0.750. The third-order valence-corrected chi connectivity index (χ3v) is 11.6. The molecule has 0 amide bonds. The fourth-order valence-electron chi connectivity index (χ4n) is 4.08. The van der Waals surface area contributed by atoms with Gasteiger partial charge in [0.05, 0.1) is 0 Å². The molecule has 0 aromatic carbocycles. The van der Waals surface area contributed by atoms with Crippen LogP contribution in [0.2, 0.25) is 0 Å². The van der Waals surface area contributed by atoms with Crippen molar-refractivity contribution in [2.24, 2.45) is 0 Å². The molecule has 0 aromatic rings. The van der Waals surface area contributed by atoms with E-state index in [4.69, 9.17) is 0 Å². The average molecular weight is 395 g/mol. The minimum absolute atomic E-state index is 0.168. The van der Waals surface area contributed by atoms with Crippen LogP contribution in [0.4, 0.5) is 0 Å². The third kappa shape index (κ3) is 7.24. The second kappa shape index (κ2) is 8.21. The summed E-state index contributed by atoms with van der Waals surface area (Å²) in [4.78, 5) is 0. The van der Waals surface area contributed by atoms with Crippen molar-refractivity contribution >= 4 is 15.8 Å². The van der Waals surface area contributed by atoms with E-state index in [2.05, 4.69) is 107 Å². The zero-order valence-corrected chi connectivity index (χ0v) is 21.4. The molecule has 1 rings (SSSR count). The second-order valence-electron chi connectivity index (χ2n) is 11.7. The van der Waals surface area contributed by atoms with Crippen molar-refractivity contribution in [2.75, 3.05) is 0 Å². The predicted octanol–water partition coefficient (Wildman–Crippen LogP) is 9.26. The lowest BCUT2D eigenvalue weighted by molar-refractivity contribution is 0.713. The van der Waals surface area contributed by atoms with Gasteiger partial charge in [-0.1, -0.05) is 128 Å². The van der Waals surface area contributed by atoms with Crippen molar-refractivity contribution < 1.29 is 0 Å². The first-order chi connectivity index (χ1) is 11.4. The van der Waals surface area contributed by atoms with Gasteiger partial charge in [-0.2, -0.15) is 0 Å². The first-order valence-corrected chi connectivity index (χ1v) is 12.9. The Morgan fingerprint density at radius 1 is 0.654 bits per heavy atom. The maximum absolute atomic E-state index is 2.67. The largest absolute Gasteiger partial charge is 0.0802 e. The molecule has 26 heavy (non-hydrogen) atoms. The van der Waals surface area contributed by atoms with Gasteiger partial charge >= 0.3 is 0 Å². The molecule has 1 aliphatic rings. The molecule has 0 N–H and O–H groups in total. The molecule has 0 aliphatic heterocycles. The molecule has 0 unspecified atom stereocenters. The highest BCUT2D eigenvalue weighted by molar-refractivity contribution is 7.64. The van der Waals surface area contributed by atoms with Crippen LogP contribution >= 0.6 is 15.8 Å². The normalized spacial score (nSPS) is 20.7. The number of hydrogen-bond acceptors (Lipinski definition) is 0. The van der Waals surface area contributed by atoms with Gasteiger partial charge in [0.1, 0.15) is 0 Å². The minimum Gasteiger partial charge on any atom is -0.0802 e. The molecule has 0 atom stereocenters. The molecule has 0 heterocycles. The van der Waals surface area contributed by atoms with Gasteiger partial charge in [0.25, 0.3) is 0 Å². The van der Waals surface area contributed by atoms with E-state index in [1.54, 1.807) is 5.57 Å². The zero-order valence-electron chi connectivity index (χ0n) is 19.6. The second-order valence-corrected chi connectivity index (χ2v) is 19.1. The highest BCUT2D eigenvalue weighted by Crippen LogP contribution is 2.63. The van der Waals surface area contributed by atoms with E-state index < -0.39 is 0 Å². The molecule has 0 saturated heterocycles. The van der Waals surface area contributed by atoms with Gasteiger partial charge in [-0.3, -0.25) is 0 Å². The molecule has 1 aliphatic carbocycles. The summed E-state index contributed by atoms with van der Waals surface area (Å²) in [6.45, 7) is 28.9. The molecule has 0 radical (unpaired) electrons. The zero-order chi connectivity index (χ0) is 20.6. The molecular formula is C24H44P2. The van der Waals surface area contributed by atoms with Crippen LogP contribution in [-0.4, -0.2) is 20.6 Å². The van der Waals surface area contributed by atoms with Gasteiger partial charge < -0.3 is 0 Å². The van der Waals surface area contributed by atoms with Crippen LogP contribution < -0.4 is 0 Å². The Labute approximate surface area is 167 Å². The molecular weight excluding hydrogens is 350 g/mol. The quantitative estimate of drug-likeness (QED) is 0.409. The summed E-state index contributed by atoms with van der Waals surface area (Å²) in [5, 5.41) is 1.41. The first-order valence-electron chi connectivity index (χ1n) is 10.1. The summed E-state index contributed by atoms with van der Waals surface area (Å²) >= 11 is 0. The van der Waals surface area contributed by atoms with Crippen molar-refractivity contribution in [1.82, 2.24) is 0 Å². The lowest BCUT2D eigenvalue weighted by Gasteiger charge is -2.41. The van der Waals surface area contributed by atoms with Crippen LogP contribution in [0.1, 0.15) is 95.9 Å². The van der Waals surface area contributed by atoms with Crippen molar-refractivity contribution in [1.29, 1.82) is 0 Å². The van der Waals surface area contributed by atoms with E-state index in [1.807, 2.05) is 0 Å². The van der Waals surface area contributed by atoms with Crippen molar-refractivity contribution in [3.8, 4) is 0 Å². The van der Waals surface area contributed by atoms with Crippen LogP contribution in [0.3, 0.4) is 0 Å². The lowest BCUT2D eigenvalue weighted by Crippen LogP contribution is -2.24. The Balaban J connectivity index is 3.20. The summed E-state index contributed by atoms with van der Waals surface area (Å²) < 4.78 is 0. The van der Waals surface area contributed by atoms with E-state index in [0.29, 0.717) is 20.6 Å². The molecule has 2 heteroatoms. The summed E-state index contributed by atoms with van der Waals surface area (Å²) in [5.74, 6) is 5.30. The lowest BCUT2D eigenvalue weighted by atomic mass is 9.99. The van der Waals surface area contributed by atoms with Crippen LogP contribution in [-0.2, 0) is 0 Å². The first kappa shape index (κ1) is 24.1. The van der Waals surface area contributed by atoms with Gasteiger partial charge in [0.2, 0.25) is 0 Å². The number of hydrogen-bond donors (Lipinski definition) is 0. The van der Waals surface area contributed by atoms with E-state index >= 15 is 0 Å². The number of allylic oxidation sites excluding steroid dienone is 4. The van der Waals surface area contributed by atoms with E-state index in [0.717, 1.165) is 12.8 Å². The Kier molecular flexibility index (Phi) is 7.62. The van der Waals surface area contributed by atoms with Gasteiger partial charge in [-0.15, -0.1) is 0 Å². The molecule has 0 nitrogen and oxygen atoms in total. The van der Waals surface area contributed by atoms with E-state index in [9.17, 15) is 0 Å². The maximum atomic E-state index is 2.67. The molecule has 0 spiro atoms. The smallest absolute Gasteiger partial charge is 0.00602 e. The van der Waals surface area contributed by atoms with Crippen molar-refractivity contribution in [3.63, 3.8) is 0 Å². The molecule has 0 saturated carbocycles. The van der Waals surface area contributed by atoms with Crippen molar-refractivity contribution in [3.05, 3.63) is 34.9 Å². The van der Waals surface area contributed by atoms with E-state index in [-0.39, 0.29) is 15.8 Å². The monoisotopic (exact) mass is 394 g/mol. The van der Waals surface area contributed by atoms with Gasteiger partial charge in [-0.25, -0.2) is 0 Å². The van der Waals surface area contributed by atoms with Crippen LogP contribution in [0.15, 0.2) is 34.9 Å². The standard InChI is InChI=1S/C24H44P2/c1-21(2,3)25(22(4,5)6)17-19-14-13-15-20(16-19)18-26(23(7,8)9)24(10,11)12/h13-14,17-18H,15-16H2,1-12H3. The molecule has 150 valence electrons. The third-order valence-electron chi connectivity index (χ3n) is 4.64. The highest BCUT2D eigenvalue weighted by atomic mass is 31.1. The minimum atomic E-state index is -0.185. The summed E-state index contributed by atoms with van der Waals surface area (Å²) in [7, 11) is -0.353. The van der Waals surface area contributed by atoms with Crippen LogP contribution in [0, 0.1) is 0 Å². The van der Waals surface area contributed by atoms with Crippen molar-refractivity contribution in [2.45, 2.75) is 117 Å². The highest BCUT2D eigenvalue weighted by Gasteiger charge is 2.34. The molecule has 0 bridgehead atoms. The van der Waals surface area contributed by atoms with Gasteiger partial charge in [-0.05, 0) is 39.0 Å². The Morgan fingerprint density at radius 3 is 1.42 bits per heavy atom. The summed E-state index contributed by atoms with van der Waals surface area (Å²) in [6, 6.07) is 0. The Hall–Kier alpha value is 0.0800. The Morgan fingerprint density at radius 2 is 1.04 bits per heavy atom. The summed E-state index contributed by atoms with van der Waals surface area (Å²) in [5.41, 5.74) is 3.17. The van der Waals surface area contributed by atoms with Gasteiger partial charge in [0.15, 0.2) is 0 Å². The molecule has 0 fully saturated rings. The Bertz CT molecular complexity index is 535. The topological polar surface area (TPSA) is 0 Å². The van der Waals surface area contributed by atoms with Crippen LogP contribution in [0.25, 0.3) is 0 Å². The maximum Gasteiger partial charge on any atom is -0.00602 e. The SMILES string of the molecule is CC(C)(C)P(C=C1C=CCC(=CP(C(C)(C)C)C(C)(C)C)C1)C(C)(C)C. The fourth-order valence-corrected chi connectivity index (χ4v) is 10.7.